The van der Waals surface area contributed by atoms with E-state index in [1.165, 1.54) is 16.7 Å². The third-order valence-electron chi connectivity index (χ3n) is 5.96. The Bertz CT molecular complexity index is 1140. The van der Waals surface area contributed by atoms with Gasteiger partial charge in [-0.3, -0.25) is 4.90 Å². The van der Waals surface area contributed by atoms with E-state index < -0.39 is 0 Å². The van der Waals surface area contributed by atoms with Crippen LogP contribution in [0.25, 0.3) is 5.78 Å². The molecule has 1 aliphatic heterocycles. The largest absolute Gasteiger partial charge is 0.354 e. The molecule has 0 N–H and O–H groups in total. The van der Waals surface area contributed by atoms with Gasteiger partial charge in [0.25, 0.3) is 5.78 Å². The monoisotopic (exact) mass is 398 g/mol. The number of hydrogen-bond acceptors (Lipinski definition) is 5. The lowest BCUT2D eigenvalue weighted by Gasteiger charge is -2.41. The maximum absolute atomic E-state index is 4.48. The average Bonchev–Trinajstić information content (AvgIpc) is 3.24. The number of anilines is 1. The van der Waals surface area contributed by atoms with Crippen LogP contribution in [0.1, 0.15) is 28.4 Å². The lowest BCUT2D eigenvalue weighted by Crippen LogP contribution is -2.48. The quantitative estimate of drug-likeness (QED) is 0.525. The van der Waals surface area contributed by atoms with Crippen molar-refractivity contribution in [1.82, 2.24) is 24.5 Å². The summed E-state index contributed by atoms with van der Waals surface area (Å²) in [5.41, 5.74) is 5.03. The Morgan fingerprint density at radius 2 is 1.60 bits per heavy atom. The van der Waals surface area contributed by atoms with Crippen LogP contribution in [0.3, 0.4) is 0 Å². The summed E-state index contributed by atoms with van der Waals surface area (Å²) in [6, 6.07) is 22.0. The number of fused-ring (bicyclic) bond motifs is 1. The lowest BCUT2D eigenvalue weighted by atomic mass is 9.93. The van der Waals surface area contributed by atoms with E-state index in [9.17, 15) is 0 Å². The SMILES string of the molecule is Cc1cc(N2CCN([C@@H](c3ccccc3)c3ccccc3C)CC2)n2ncnc2n1. The summed E-state index contributed by atoms with van der Waals surface area (Å²) in [7, 11) is 0. The van der Waals surface area contributed by atoms with Crippen LogP contribution in [0, 0.1) is 13.8 Å². The van der Waals surface area contributed by atoms with Gasteiger partial charge in [0.2, 0.25) is 0 Å². The second kappa shape index (κ2) is 7.88. The molecule has 0 radical (unpaired) electrons. The van der Waals surface area contributed by atoms with E-state index in [2.05, 4.69) is 92.5 Å². The van der Waals surface area contributed by atoms with Crippen molar-refractivity contribution >= 4 is 11.6 Å². The molecule has 1 saturated heterocycles. The molecule has 2 aromatic heterocycles. The molecule has 0 spiro atoms. The Labute approximate surface area is 176 Å². The maximum Gasteiger partial charge on any atom is 0.254 e. The van der Waals surface area contributed by atoms with Gasteiger partial charge in [0, 0.05) is 37.9 Å². The zero-order chi connectivity index (χ0) is 20.5. The van der Waals surface area contributed by atoms with Crippen molar-refractivity contribution in [2.75, 3.05) is 31.1 Å². The van der Waals surface area contributed by atoms with Crippen LogP contribution in [-0.4, -0.2) is 50.7 Å². The van der Waals surface area contributed by atoms with Crippen LogP contribution in [0.5, 0.6) is 0 Å². The molecule has 0 unspecified atom stereocenters. The van der Waals surface area contributed by atoms with Crippen molar-refractivity contribution in [2.45, 2.75) is 19.9 Å². The van der Waals surface area contributed by atoms with E-state index in [-0.39, 0.29) is 6.04 Å². The highest BCUT2D eigenvalue weighted by Gasteiger charge is 2.28. The summed E-state index contributed by atoms with van der Waals surface area (Å²) in [6.45, 7) is 8.05. The molecule has 1 aliphatic rings. The second-order valence-corrected chi connectivity index (χ2v) is 7.92. The zero-order valence-electron chi connectivity index (χ0n) is 17.4. The first kappa shape index (κ1) is 18.8. The lowest BCUT2D eigenvalue weighted by molar-refractivity contribution is 0.211. The first-order valence-corrected chi connectivity index (χ1v) is 10.5. The molecule has 6 heteroatoms. The van der Waals surface area contributed by atoms with Crippen LogP contribution >= 0.6 is 0 Å². The summed E-state index contributed by atoms with van der Waals surface area (Å²) in [5, 5.41) is 4.38. The fraction of sp³-hybridized carbons (Fsp3) is 0.292. The summed E-state index contributed by atoms with van der Waals surface area (Å²) >= 11 is 0. The van der Waals surface area contributed by atoms with E-state index in [4.69, 9.17) is 0 Å². The second-order valence-electron chi connectivity index (χ2n) is 7.92. The summed E-state index contributed by atoms with van der Waals surface area (Å²) in [5.74, 6) is 1.73. The van der Waals surface area contributed by atoms with E-state index in [0.717, 1.165) is 37.7 Å². The van der Waals surface area contributed by atoms with E-state index >= 15 is 0 Å². The summed E-state index contributed by atoms with van der Waals surface area (Å²) in [4.78, 5) is 13.7. The van der Waals surface area contributed by atoms with Gasteiger partial charge in [-0.2, -0.15) is 14.6 Å². The number of piperazine rings is 1. The van der Waals surface area contributed by atoms with Crippen molar-refractivity contribution < 1.29 is 0 Å². The Kier molecular flexibility index (Phi) is 4.93. The highest BCUT2D eigenvalue weighted by atomic mass is 15.4. The van der Waals surface area contributed by atoms with Crippen molar-refractivity contribution in [3.05, 3.63) is 89.4 Å². The number of benzene rings is 2. The molecule has 3 heterocycles. The van der Waals surface area contributed by atoms with Gasteiger partial charge in [0.1, 0.15) is 12.1 Å². The normalized spacial score (nSPS) is 16.1. The fourth-order valence-electron chi connectivity index (χ4n) is 4.46. The van der Waals surface area contributed by atoms with Crippen molar-refractivity contribution in [1.29, 1.82) is 0 Å². The van der Waals surface area contributed by atoms with Crippen LogP contribution in [0.2, 0.25) is 0 Å². The minimum atomic E-state index is 0.264. The first-order valence-electron chi connectivity index (χ1n) is 10.5. The van der Waals surface area contributed by atoms with Crippen molar-refractivity contribution in [3.8, 4) is 0 Å². The van der Waals surface area contributed by atoms with Gasteiger partial charge in [-0.05, 0) is 30.5 Å². The average molecular weight is 399 g/mol. The highest BCUT2D eigenvalue weighted by molar-refractivity contribution is 5.48. The molecule has 1 fully saturated rings. The molecule has 1 atom stereocenters. The predicted molar refractivity (Wildman–Crippen MR) is 119 cm³/mol. The first-order chi connectivity index (χ1) is 14.7. The third-order valence-corrected chi connectivity index (χ3v) is 5.96. The summed E-state index contributed by atoms with van der Waals surface area (Å²) in [6.07, 6.45) is 1.57. The van der Waals surface area contributed by atoms with E-state index in [1.54, 1.807) is 6.33 Å². The fourth-order valence-corrected chi connectivity index (χ4v) is 4.46. The van der Waals surface area contributed by atoms with Crippen LogP contribution in [-0.2, 0) is 0 Å². The molecule has 0 saturated carbocycles. The Morgan fingerprint density at radius 1 is 0.867 bits per heavy atom. The summed E-state index contributed by atoms with van der Waals surface area (Å²) < 4.78 is 1.85. The molecular weight excluding hydrogens is 372 g/mol. The van der Waals surface area contributed by atoms with Gasteiger partial charge in [-0.25, -0.2) is 4.98 Å². The van der Waals surface area contributed by atoms with Crippen LogP contribution in [0.4, 0.5) is 5.82 Å². The van der Waals surface area contributed by atoms with Crippen molar-refractivity contribution in [3.63, 3.8) is 0 Å². The molecule has 0 aliphatic carbocycles. The molecule has 0 amide bonds. The van der Waals surface area contributed by atoms with Gasteiger partial charge in [0.15, 0.2) is 0 Å². The molecule has 6 nitrogen and oxygen atoms in total. The van der Waals surface area contributed by atoms with Gasteiger partial charge in [0.05, 0.1) is 6.04 Å². The Balaban J connectivity index is 1.43. The Morgan fingerprint density at radius 3 is 2.37 bits per heavy atom. The van der Waals surface area contributed by atoms with Gasteiger partial charge < -0.3 is 4.90 Å². The number of aryl methyl sites for hydroxylation is 2. The van der Waals surface area contributed by atoms with Crippen molar-refractivity contribution in [2.24, 2.45) is 0 Å². The van der Waals surface area contributed by atoms with Gasteiger partial charge >= 0.3 is 0 Å². The number of nitrogens with zero attached hydrogens (tertiary/aromatic N) is 6. The van der Waals surface area contributed by atoms with Gasteiger partial charge in [-0.1, -0.05) is 54.6 Å². The molecule has 4 aromatic rings. The number of hydrogen-bond donors (Lipinski definition) is 0. The molecular formula is C24H26N6. The molecule has 30 heavy (non-hydrogen) atoms. The molecule has 152 valence electrons. The third kappa shape index (κ3) is 3.44. The number of rotatable bonds is 4. The highest BCUT2D eigenvalue weighted by Crippen LogP contribution is 2.32. The van der Waals surface area contributed by atoms with Crippen LogP contribution < -0.4 is 4.90 Å². The standard InChI is InChI=1S/C24H26N6/c1-18-8-6-7-11-21(18)23(20-9-4-3-5-10-20)29-14-12-28(13-15-29)22-16-19(2)27-24-25-17-26-30(22)24/h3-11,16-17,23H,12-15H2,1-2H3/t23-/m0/s1. The van der Waals surface area contributed by atoms with Gasteiger partial charge in [-0.15, -0.1) is 0 Å². The van der Waals surface area contributed by atoms with E-state index in [0.29, 0.717) is 5.78 Å². The Hall–Kier alpha value is -3.25. The molecule has 2 aromatic carbocycles. The smallest absolute Gasteiger partial charge is 0.254 e. The minimum absolute atomic E-state index is 0.264. The number of aromatic nitrogens is 4. The van der Waals surface area contributed by atoms with Crippen LogP contribution in [0.15, 0.2) is 67.0 Å². The van der Waals surface area contributed by atoms with E-state index in [1.807, 2.05) is 11.4 Å². The maximum atomic E-state index is 4.48. The molecule has 5 rings (SSSR count). The molecule has 0 bridgehead atoms. The zero-order valence-corrected chi connectivity index (χ0v) is 17.4. The minimum Gasteiger partial charge on any atom is -0.354 e. The predicted octanol–water partition coefficient (Wildman–Crippen LogP) is 3.65. The topological polar surface area (TPSA) is 49.6 Å².